The zero-order chi connectivity index (χ0) is 17.0. The second-order valence-electron chi connectivity index (χ2n) is 6.57. The van der Waals surface area contributed by atoms with E-state index < -0.39 is 11.6 Å². The second kappa shape index (κ2) is 8.49. The maximum absolute atomic E-state index is 12.8. The van der Waals surface area contributed by atoms with Gasteiger partial charge in [0.25, 0.3) is 0 Å². The van der Waals surface area contributed by atoms with Gasteiger partial charge in [-0.2, -0.15) is 0 Å². The zero-order valence-corrected chi connectivity index (χ0v) is 15.5. The number of rotatable bonds is 5. The van der Waals surface area contributed by atoms with Crippen molar-refractivity contribution in [2.75, 3.05) is 18.5 Å². The first-order chi connectivity index (χ1) is 10.9. The van der Waals surface area contributed by atoms with Crippen LogP contribution in [0, 0.1) is 0 Å². The van der Waals surface area contributed by atoms with E-state index in [4.69, 9.17) is 5.73 Å². The Hall–Kier alpha value is -1.59. The monoisotopic (exact) mass is 353 g/mol. The molecule has 5 nitrogen and oxygen atoms in total. The van der Waals surface area contributed by atoms with Crippen LogP contribution in [-0.4, -0.2) is 41.9 Å². The second-order valence-corrected chi connectivity index (χ2v) is 6.57. The number of anilines is 1. The normalized spacial score (nSPS) is 20.1. The number of nitrogens with zero attached hydrogens (tertiary/aromatic N) is 2. The van der Waals surface area contributed by atoms with Gasteiger partial charge in [0.1, 0.15) is 6.04 Å². The van der Waals surface area contributed by atoms with Crippen molar-refractivity contribution >= 4 is 29.9 Å². The van der Waals surface area contributed by atoms with Gasteiger partial charge in [-0.05, 0) is 38.3 Å². The van der Waals surface area contributed by atoms with E-state index in [9.17, 15) is 9.59 Å². The van der Waals surface area contributed by atoms with Gasteiger partial charge in [-0.15, -0.1) is 12.4 Å². The molecule has 24 heavy (non-hydrogen) atoms. The van der Waals surface area contributed by atoms with E-state index in [1.54, 1.807) is 23.8 Å². The average Bonchev–Trinajstić information content (AvgIpc) is 2.54. The van der Waals surface area contributed by atoms with E-state index in [0.29, 0.717) is 19.4 Å². The standard InChI is InChI=1S/C18H27N3O2.ClH/c1-4-12-18(2,19)17(23)20(3)15-11-8-13-21(16(15)22)14-9-6-5-7-10-14;/h5-7,9-10,15H,4,8,11-13,19H2,1-3H3;1H. The van der Waals surface area contributed by atoms with Crippen LogP contribution in [0.15, 0.2) is 30.3 Å². The number of piperidine rings is 1. The number of hydrogen-bond donors (Lipinski definition) is 1. The molecule has 134 valence electrons. The maximum Gasteiger partial charge on any atom is 0.249 e. The predicted molar refractivity (Wildman–Crippen MR) is 99.3 cm³/mol. The summed E-state index contributed by atoms with van der Waals surface area (Å²) in [6.07, 6.45) is 3.01. The van der Waals surface area contributed by atoms with Crippen LogP contribution < -0.4 is 10.6 Å². The minimum atomic E-state index is -0.918. The fraction of sp³-hybridized carbons (Fsp3) is 0.556. The van der Waals surface area contributed by atoms with Crippen molar-refractivity contribution in [1.29, 1.82) is 0 Å². The number of amides is 2. The highest BCUT2D eigenvalue weighted by atomic mass is 35.5. The van der Waals surface area contributed by atoms with Crippen molar-refractivity contribution in [3.05, 3.63) is 30.3 Å². The number of hydrogen-bond acceptors (Lipinski definition) is 3. The molecular weight excluding hydrogens is 326 g/mol. The minimum absolute atomic E-state index is 0. The number of halogens is 1. The Balaban J connectivity index is 0.00000288. The highest BCUT2D eigenvalue weighted by Crippen LogP contribution is 2.24. The minimum Gasteiger partial charge on any atom is -0.332 e. The van der Waals surface area contributed by atoms with E-state index in [-0.39, 0.29) is 24.2 Å². The molecule has 1 fully saturated rings. The molecule has 0 spiro atoms. The van der Waals surface area contributed by atoms with Crippen LogP contribution >= 0.6 is 12.4 Å². The number of benzene rings is 1. The molecular formula is C18H28ClN3O2. The van der Waals surface area contributed by atoms with Crippen LogP contribution in [0.25, 0.3) is 0 Å². The summed E-state index contributed by atoms with van der Waals surface area (Å²) >= 11 is 0. The van der Waals surface area contributed by atoms with Gasteiger partial charge in [0.2, 0.25) is 11.8 Å². The Morgan fingerprint density at radius 3 is 2.58 bits per heavy atom. The lowest BCUT2D eigenvalue weighted by molar-refractivity contribution is -0.143. The van der Waals surface area contributed by atoms with Crippen LogP contribution in [0.4, 0.5) is 5.69 Å². The summed E-state index contributed by atoms with van der Waals surface area (Å²) in [5.41, 5.74) is 6.12. The van der Waals surface area contributed by atoms with Crippen molar-refractivity contribution in [3.63, 3.8) is 0 Å². The Kier molecular flexibility index (Phi) is 7.24. The van der Waals surface area contributed by atoms with E-state index in [0.717, 1.165) is 18.5 Å². The lowest BCUT2D eigenvalue weighted by Gasteiger charge is -2.39. The molecule has 2 atom stereocenters. The highest BCUT2D eigenvalue weighted by molar-refractivity contribution is 6.00. The first-order valence-electron chi connectivity index (χ1n) is 8.31. The third-order valence-electron chi connectivity index (χ3n) is 4.52. The molecule has 1 aliphatic heterocycles. The lowest BCUT2D eigenvalue weighted by atomic mass is 9.93. The van der Waals surface area contributed by atoms with Crippen molar-refractivity contribution < 1.29 is 9.59 Å². The lowest BCUT2D eigenvalue weighted by Crippen LogP contribution is -2.59. The fourth-order valence-corrected chi connectivity index (χ4v) is 3.25. The van der Waals surface area contributed by atoms with Crippen LogP contribution in [-0.2, 0) is 9.59 Å². The molecule has 2 N–H and O–H groups in total. The van der Waals surface area contributed by atoms with Crippen LogP contribution in [0.1, 0.15) is 39.5 Å². The van der Waals surface area contributed by atoms with Gasteiger partial charge in [-0.3, -0.25) is 9.59 Å². The van der Waals surface area contributed by atoms with Crippen molar-refractivity contribution in [2.45, 2.75) is 51.1 Å². The summed E-state index contributed by atoms with van der Waals surface area (Å²) < 4.78 is 0. The van der Waals surface area contributed by atoms with Gasteiger partial charge in [0.05, 0.1) is 5.54 Å². The Morgan fingerprint density at radius 2 is 2.00 bits per heavy atom. The number of likely N-dealkylation sites (N-methyl/N-ethyl adjacent to an activating group) is 1. The van der Waals surface area contributed by atoms with E-state index >= 15 is 0 Å². The summed E-state index contributed by atoms with van der Waals surface area (Å²) in [6.45, 7) is 4.44. The third-order valence-corrected chi connectivity index (χ3v) is 4.52. The largest absolute Gasteiger partial charge is 0.332 e. The summed E-state index contributed by atoms with van der Waals surface area (Å²) in [5.74, 6) is -0.182. The molecule has 0 saturated carbocycles. The molecule has 0 radical (unpaired) electrons. The highest BCUT2D eigenvalue weighted by Gasteiger charge is 2.39. The number of carbonyl (C=O) groups is 2. The SMILES string of the molecule is CCCC(C)(N)C(=O)N(C)C1CCCN(c2ccccc2)C1=O.Cl. The fourth-order valence-electron chi connectivity index (χ4n) is 3.25. The van der Waals surface area contributed by atoms with Crippen LogP contribution in [0.2, 0.25) is 0 Å². The smallest absolute Gasteiger partial charge is 0.249 e. The molecule has 1 aromatic carbocycles. The Labute approximate surface area is 150 Å². The Morgan fingerprint density at radius 1 is 1.38 bits per heavy atom. The average molecular weight is 354 g/mol. The van der Waals surface area contributed by atoms with E-state index in [2.05, 4.69) is 0 Å². The van der Waals surface area contributed by atoms with Gasteiger partial charge in [0.15, 0.2) is 0 Å². The van der Waals surface area contributed by atoms with E-state index in [1.807, 2.05) is 37.3 Å². The quantitative estimate of drug-likeness (QED) is 0.884. The maximum atomic E-state index is 12.8. The van der Waals surface area contributed by atoms with Crippen LogP contribution in [0.5, 0.6) is 0 Å². The molecule has 0 aliphatic carbocycles. The zero-order valence-electron chi connectivity index (χ0n) is 14.7. The van der Waals surface area contributed by atoms with Gasteiger partial charge in [-0.1, -0.05) is 31.5 Å². The number of para-hydroxylation sites is 1. The summed E-state index contributed by atoms with van der Waals surface area (Å²) in [6, 6.07) is 9.17. The molecule has 6 heteroatoms. The summed E-state index contributed by atoms with van der Waals surface area (Å²) in [4.78, 5) is 28.8. The number of carbonyl (C=O) groups excluding carboxylic acids is 2. The van der Waals surface area contributed by atoms with Gasteiger partial charge >= 0.3 is 0 Å². The molecule has 1 saturated heterocycles. The van der Waals surface area contributed by atoms with Gasteiger partial charge < -0.3 is 15.5 Å². The first-order valence-corrected chi connectivity index (χ1v) is 8.31. The molecule has 2 unspecified atom stereocenters. The van der Waals surface area contributed by atoms with Gasteiger partial charge in [0, 0.05) is 19.3 Å². The predicted octanol–water partition coefficient (Wildman–Crippen LogP) is 2.58. The van der Waals surface area contributed by atoms with Crippen LogP contribution in [0.3, 0.4) is 0 Å². The molecule has 1 aromatic rings. The number of nitrogens with two attached hydrogens (primary N) is 1. The first kappa shape index (κ1) is 20.5. The molecule has 1 heterocycles. The third kappa shape index (κ3) is 4.28. The summed E-state index contributed by atoms with van der Waals surface area (Å²) in [7, 11) is 1.69. The summed E-state index contributed by atoms with van der Waals surface area (Å²) in [5, 5.41) is 0. The van der Waals surface area contributed by atoms with Crippen molar-refractivity contribution in [1.82, 2.24) is 4.90 Å². The molecule has 2 rings (SSSR count). The molecule has 0 bridgehead atoms. The molecule has 2 amide bonds. The topological polar surface area (TPSA) is 66.6 Å². The van der Waals surface area contributed by atoms with Crippen molar-refractivity contribution in [2.24, 2.45) is 5.73 Å². The Bertz CT molecular complexity index is 563. The molecule has 1 aliphatic rings. The molecule has 0 aromatic heterocycles. The van der Waals surface area contributed by atoms with Gasteiger partial charge in [-0.25, -0.2) is 0 Å². The van der Waals surface area contributed by atoms with E-state index in [1.165, 1.54) is 0 Å². The van der Waals surface area contributed by atoms with Crippen molar-refractivity contribution in [3.8, 4) is 0 Å².